The number of nitrogens with one attached hydrogen (secondary N) is 3. The molecular weight excluding hydrogens is 500 g/mol. The quantitative estimate of drug-likeness (QED) is 0.284. The Balaban J connectivity index is 1.17. The van der Waals surface area contributed by atoms with Crippen LogP contribution in [0.2, 0.25) is 0 Å². The molecule has 1 saturated heterocycles. The monoisotopic (exact) mass is 530 g/mol. The van der Waals surface area contributed by atoms with Gasteiger partial charge in [-0.3, -0.25) is 10.1 Å². The van der Waals surface area contributed by atoms with E-state index < -0.39 is 0 Å². The van der Waals surface area contributed by atoms with Gasteiger partial charge in [-0.25, -0.2) is 15.0 Å². The molecule has 10 heteroatoms. The first-order valence-corrected chi connectivity index (χ1v) is 13.5. The normalized spacial score (nSPS) is 14.4. The lowest BCUT2D eigenvalue weighted by Gasteiger charge is -2.33. The highest BCUT2D eigenvalue weighted by atomic mass is 15.3. The second-order valence-corrected chi connectivity index (χ2v) is 10.2. The lowest BCUT2D eigenvalue weighted by molar-refractivity contribution is 0.313. The van der Waals surface area contributed by atoms with Crippen molar-refractivity contribution in [3.05, 3.63) is 84.3 Å². The van der Waals surface area contributed by atoms with Crippen LogP contribution in [0.5, 0.6) is 0 Å². The molecular formula is C30H30N10. The molecule has 0 spiro atoms. The highest BCUT2D eigenvalue weighted by Crippen LogP contribution is 2.30. The van der Waals surface area contributed by atoms with Crippen molar-refractivity contribution in [1.29, 1.82) is 0 Å². The van der Waals surface area contributed by atoms with Crippen LogP contribution < -0.4 is 10.2 Å². The molecule has 6 aromatic rings. The van der Waals surface area contributed by atoms with Crippen molar-refractivity contribution in [3.8, 4) is 22.8 Å². The third-order valence-corrected chi connectivity index (χ3v) is 7.43. The lowest BCUT2D eigenvalue weighted by atomic mass is 10.1. The van der Waals surface area contributed by atoms with Crippen LogP contribution in [0.3, 0.4) is 0 Å². The summed E-state index contributed by atoms with van der Waals surface area (Å²) in [4.78, 5) is 27.1. The second kappa shape index (κ2) is 10.5. The Morgan fingerprint density at radius 2 is 1.73 bits per heavy atom. The summed E-state index contributed by atoms with van der Waals surface area (Å²) in [5.41, 5.74) is 9.12. The lowest BCUT2D eigenvalue weighted by Crippen LogP contribution is -2.44. The Labute approximate surface area is 231 Å². The number of imidazole rings is 1. The highest BCUT2D eigenvalue weighted by Gasteiger charge is 2.21. The third kappa shape index (κ3) is 4.78. The molecule has 0 radical (unpaired) electrons. The van der Waals surface area contributed by atoms with Gasteiger partial charge < -0.3 is 20.1 Å². The molecule has 0 unspecified atom stereocenters. The zero-order valence-electron chi connectivity index (χ0n) is 22.3. The summed E-state index contributed by atoms with van der Waals surface area (Å²) < 4.78 is 0. The van der Waals surface area contributed by atoms with Gasteiger partial charge in [0, 0.05) is 63.4 Å². The minimum atomic E-state index is 0.650. The summed E-state index contributed by atoms with van der Waals surface area (Å²) in [5.74, 6) is 0.650. The Bertz CT molecular complexity index is 1770. The first kappa shape index (κ1) is 24.4. The molecule has 1 fully saturated rings. The SMILES string of the molecule is CN1CCN(c2ccnc3[nH]c(-c4n[nH]c5ccc(-c6cncc(CNCc7ccccc7)c6)nc45)nc23)CC1. The van der Waals surface area contributed by atoms with E-state index in [1.165, 1.54) is 5.56 Å². The van der Waals surface area contributed by atoms with Crippen molar-refractivity contribution in [2.45, 2.75) is 13.1 Å². The molecule has 0 bridgehead atoms. The van der Waals surface area contributed by atoms with E-state index in [1.54, 1.807) is 0 Å². The number of nitrogens with zero attached hydrogens (tertiary/aromatic N) is 7. The number of benzene rings is 1. The Morgan fingerprint density at radius 1 is 0.875 bits per heavy atom. The Morgan fingerprint density at radius 3 is 2.60 bits per heavy atom. The number of likely N-dealkylation sites (N-methyl/N-ethyl adjacent to an activating group) is 1. The topological polar surface area (TPSA) is 115 Å². The number of anilines is 1. The standard InChI is InChI=1S/C30H30N10/c1-39-11-13-40(14-12-39)25-9-10-33-29-27(25)35-30(36-29)28-26-24(37-38-28)8-7-23(34-26)22-15-21(18-32-19-22)17-31-16-20-5-3-2-4-6-20/h2-10,15,18-19,31H,11-14,16-17H2,1H3,(H,37,38)(H,33,35,36). The van der Waals surface area contributed by atoms with Gasteiger partial charge in [-0.15, -0.1) is 0 Å². The number of aromatic amines is 2. The molecule has 6 heterocycles. The maximum absolute atomic E-state index is 4.99. The predicted molar refractivity (Wildman–Crippen MR) is 157 cm³/mol. The zero-order valence-corrected chi connectivity index (χ0v) is 22.3. The van der Waals surface area contributed by atoms with Gasteiger partial charge in [0.05, 0.1) is 16.9 Å². The summed E-state index contributed by atoms with van der Waals surface area (Å²) >= 11 is 0. The molecule has 1 aromatic carbocycles. The zero-order chi connectivity index (χ0) is 26.9. The largest absolute Gasteiger partial charge is 0.367 e. The van der Waals surface area contributed by atoms with Crippen molar-refractivity contribution < 1.29 is 0 Å². The van der Waals surface area contributed by atoms with Gasteiger partial charge in [0.15, 0.2) is 17.2 Å². The van der Waals surface area contributed by atoms with Gasteiger partial charge in [0.25, 0.3) is 0 Å². The van der Waals surface area contributed by atoms with Crippen LogP contribution in [0.25, 0.3) is 45.0 Å². The number of rotatable bonds is 7. The van der Waals surface area contributed by atoms with Crippen LogP contribution in [0.4, 0.5) is 5.69 Å². The van der Waals surface area contributed by atoms with Crippen LogP contribution in [0.15, 0.2) is 73.2 Å². The maximum Gasteiger partial charge on any atom is 0.162 e. The van der Waals surface area contributed by atoms with Crippen LogP contribution in [0, 0.1) is 0 Å². The molecule has 1 aliphatic heterocycles. The van der Waals surface area contributed by atoms with Crippen molar-refractivity contribution in [2.24, 2.45) is 0 Å². The second-order valence-electron chi connectivity index (χ2n) is 10.2. The van der Waals surface area contributed by atoms with Gasteiger partial charge >= 0.3 is 0 Å². The van der Waals surface area contributed by atoms with Crippen LogP contribution in [0.1, 0.15) is 11.1 Å². The molecule has 40 heavy (non-hydrogen) atoms. The van der Waals surface area contributed by atoms with Gasteiger partial charge in [0.2, 0.25) is 0 Å². The van der Waals surface area contributed by atoms with Crippen LogP contribution in [-0.2, 0) is 13.1 Å². The van der Waals surface area contributed by atoms with E-state index in [0.717, 1.165) is 84.0 Å². The summed E-state index contributed by atoms with van der Waals surface area (Å²) in [5, 5.41) is 11.2. The minimum absolute atomic E-state index is 0.650. The van der Waals surface area contributed by atoms with E-state index in [4.69, 9.17) is 9.97 Å². The molecule has 0 atom stereocenters. The summed E-state index contributed by atoms with van der Waals surface area (Å²) in [6.45, 7) is 5.49. The molecule has 7 rings (SSSR count). The molecule has 200 valence electrons. The molecule has 5 aromatic heterocycles. The van der Waals surface area contributed by atoms with Gasteiger partial charge in [0.1, 0.15) is 11.0 Å². The smallest absolute Gasteiger partial charge is 0.162 e. The first-order valence-electron chi connectivity index (χ1n) is 13.5. The fourth-order valence-corrected chi connectivity index (χ4v) is 5.21. The van der Waals surface area contributed by atoms with E-state index in [2.05, 4.69) is 77.6 Å². The number of aromatic nitrogens is 7. The fraction of sp³-hybridized carbons (Fsp3) is 0.233. The summed E-state index contributed by atoms with van der Waals surface area (Å²) in [6.07, 6.45) is 5.58. The predicted octanol–water partition coefficient (Wildman–Crippen LogP) is 4.00. The highest BCUT2D eigenvalue weighted by molar-refractivity contribution is 5.93. The molecule has 0 amide bonds. The molecule has 1 aliphatic rings. The molecule has 0 aliphatic carbocycles. The van der Waals surface area contributed by atoms with Gasteiger partial charge in [-0.05, 0) is 42.4 Å². The fourth-order valence-electron chi connectivity index (χ4n) is 5.21. The van der Waals surface area contributed by atoms with E-state index in [0.29, 0.717) is 11.5 Å². The van der Waals surface area contributed by atoms with E-state index in [1.807, 2.05) is 42.9 Å². The van der Waals surface area contributed by atoms with E-state index >= 15 is 0 Å². The van der Waals surface area contributed by atoms with Crippen molar-refractivity contribution in [2.75, 3.05) is 38.1 Å². The molecule has 0 saturated carbocycles. The number of H-pyrrole nitrogens is 2. The minimum Gasteiger partial charge on any atom is -0.367 e. The number of hydrogen-bond acceptors (Lipinski definition) is 8. The average molecular weight is 531 g/mol. The van der Waals surface area contributed by atoms with Crippen molar-refractivity contribution in [3.63, 3.8) is 0 Å². The number of piperazine rings is 1. The van der Waals surface area contributed by atoms with Crippen molar-refractivity contribution >= 4 is 27.9 Å². The number of pyridine rings is 3. The number of fused-ring (bicyclic) bond motifs is 2. The average Bonchev–Trinajstić information content (AvgIpc) is 3.62. The summed E-state index contributed by atoms with van der Waals surface area (Å²) in [7, 11) is 2.16. The third-order valence-electron chi connectivity index (χ3n) is 7.43. The Kier molecular flexibility index (Phi) is 6.39. The van der Waals surface area contributed by atoms with Crippen LogP contribution >= 0.6 is 0 Å². The summed E-state index contributed by atoms with van der Waals surface area (Å²) in [6, 6.07) is 18.6. The number of hydrogen-bond donors (Lipinski definition) is 3. The van der Waals surface area contributed by atoms with Crippen molar-refractivity contribution in [1.82, 2.24) is 45.3 Å². The first-order chi connectivity index (χ1) is 19.7. The Hall–Kier alpha value is -4.67. The molecule has 10 nitrogen and oxygen atoms in total. The van der Waals surface area contributed by atoms with Crippen LogP contribution in [-0.4, -0.2) is 73.2 Å². The molecule has 3 N–H and O–H groups in total. The van der Waals surface area contributed by atoms with Gasteiger partial charge in [-0.2, -0.15) is 5.10 Å². The maximum atomic E-state index is 4.99. The van der Waals surface area contributed by atoms with Gasteiger partial charge in [-0.1, -0.05) is 30.3 Å². The van der Waals surface area contributed by atoms with E-state index in [-0.39, 0.29) is 0 Å². The van der Waals surface area contributed by atoms with E-state index in [9.17, 15) is 0 Å².